The minimum absolute atomic E-state index is 0.107. The molecule has 0 amide bonds. The van der Waals surface area contributed by atoms with Gasteiger partial charge in [-0.05, 0) is 37.5 Å². The first-order valence-corrected chi connectivity index (χ1v) is 43.5. The van der Waals surface area contributed by atoms with E-state index in [1.807, 2.05) is 0 Å². The monoisotopic (exact) mass is 1420 g/mol. The molecular formula is C78H152O17P2. The van der Waals surface area contributed by atoms with E-state index in [0.29, 0.717) is 25.7 Å². The molecule has 576 valence electrons. The predicted octanol–water partition coefficient (Wildman–Crippen LogP) is 23.1. The topological polar surface area (TPSA) is 237 Å². The molecule has 2 unspecified atom stereocenters. The molecule has 3 N–H and O–H groups in total. The maximum Gasteiger partial charge on any atom is 0.472 e. The van der Waals surface area contributed by atoms with E-state index in [-0.39, 0.29) is 25.7 Å². The van der Waals surface area contributed by atoms with Crippen LogP contribution in [0.2, 0.25) is 0 Å². The van der Waals surface area contributed by atoms with E-state index in [4.69, 9.17) is 37.0 Å². The van der Waals surface area contributed by atoms with Crippen molar-refractivity contribution >= 4 is 39.5 Å². The Hall–Kier alpha value is -1.94. The Bertz CT molecular complexity index is 1870. The van der Waals surface area contributed by atoms with Crippen LogP contribution in [0.15, 0.2) is 0 Å². The normalized spacial score (nSPS) is 14.0. The molecule has 0 aromatic rings. The number of phosphoric acid groups is 2. The van der Waals surface area contributed by atoms with Crippen molar-refractivity contribution in [1.29, 1.82) is 0 Å². The van der Waals surface area contributed by atoms with Crippen LogP contribution in [0.3, 0.4) is 0 Å². The number of unbranched alkanes of at least 4 members (excludes halogenated alkanes) is 47. The van der Waals surface area contributed by atoms with E-state index in [0.717, 1.165) is 102 Å². The first-order valence-electron chi connectivity index (χ1n) is 40.5. The standard InChI is InChI=1S/C78H152O17P2/c1-7-9-11-13-15-17-19-21-22-23-24-25-26-27-29-31-37-45-51-57-63-78(83)94-73(66-88-75(80)60-54-48-42-35-33-32-34-40-46-52-58-70(3)4)68-92-96(84,85)90-64-72(79)65-91-97(86,87)93-69-74(67-89-76(81)61-55-49-43-39-38-41-47-53-59-71(5)6)95-77(82)62-56-50-44-36-30-28-20-18-16-14-12-10-8-2/h70-74,79H,7-69H2,1-6H3,(H,84,85)(H,86,87)/t72-,73-,74-/m1/s1. The van der Waals surface area contributed by atoms with Gasteiger partial charge >= 0.3 is 39.5 Å². The molecule has 0 saturated carbocycles. The van der Waals surface area contributed by atoms with Gasteiger partial charge in [-0.15, -0.1) is 0 Å². The van der Waals surface area contributed by atoms with Gasteiger partial charge < -0.3 is 33.8 Å². The molecule has 0 rings (SSSR count). The zero-order valence-electron chi connectivity index (χ0n) is 63.4. The molecule has 0 aliphatic heterocycles. The molecule has 19 heteroatoms. The summed E-state index contributed by atoms with van der Waals surface area (Å²) in [6, 6.07) is 0. The Morgan fingerprint density at radius 1 is 0.278 bits per heavy atom. The maximum absolute atomic E-state index is 13.1. The van der Waals surface area contributed by atoms with Crippen molar-refractivity contribution < 1.29 is 80.2 Å². The van der Waals surface area contributed by atoms with Crippen molar-refractivity contribution in [3.05, 3.63) is 0 Å². The molecule has 0 aliphatic rings. The summed E-state index contributed by atoms with van der Waals surface area (Å²) in [5.74, 6) is -0.628. The number of phosphoric ester groups is 2. The summed E-state index contributed by atoms with van der Waals surface area (Å²) in [4.78, 5) is 72.9. The fourth-order valence-electron chi connectivity index (χ4n) is 12.0. The van der Waals surface area contributed by atoms with E-state index >= 15 is 0 Å². The van der Waals surface area contributed by atoms with E-state index in [2.05, 4.69) is 41.5 Å². The van der Waals surface area contributed by atoms with Crippen LogP contribution in [0, 0.1) is 11.8 Å². The van der Waals surface area contributed by atoms with Gasteiger partial charge in [0.1, 0.15) is 19.3 Å². The predicted molar refractivity (Wildman–Crippen MR) is 395 cm³/mol. The number of carbonyl (C=O) groups is 4. The van der Waals surface area contributed by atoms with Crippen LogP contribution in [0.5, 0.6) is 0 Å². The summed E-state index contributed by atoms with van der Waals surface area (Å²) in [6.45, 7) is 9.57. The second-order valence-electron chi connectivity index (χ2n) is 29.1. The van der Waals surface area contributed by atoms with Gasteiger partial charge in [0.15, 0.2) is 12.2 Å². The second-order valence-corrected chi connectivity index (χ2v) is 32.0. The van der Waals surface area contributed by atoms with Crippen molar-refractivity contribution in [3.63, 3.8) is 0 Å². The van der Waals surface area contributed by atoms with Crippen molar-refractivity contribution in [2.24, 2.45) is 11.8 Å². The lowest BCUT2D eigenvalue weighted by atomic mass is 10.0. The summed E-state index contributed by atoms with van der Waals surface area (Å²) in [5, 5.41) is 10.6. The van der Waals surface area contributed by atoms with Crippen LogP contribution >= 0.6 is 15.6 Å². The lowest BCUT2D eigenvalue weighted by molar-refractivity contribution is -0.161. The van der Waals surface area contributed by atoms with Crippen LogP contribution in [0.4, 0.5) is 0 Å². The summed E-state index contributed by atoms with van der Waals surface area (Å²) in [7, 11) is -9.91. The highest BCUT2D eigenvalue weighted by Gasteiger charge is 2.30. The highest BCUT2D eigenvalue weighted by molar-refractivity contribution is 7.47. The van der Waals surface area contributed by atoms with Crippen molar-refractivity contribution in [3.8, 4) is 0 Å². The average Bonchev–Trinajstić information content (AvgIpc) is 1.39. The lowest BCUT2D eigenvalue weighted by Gasteiger charge is -2.21. The lowest BCUT2D eigenvalue weighted by Crippen LogP contribution is -2.30. The molecule has 17 nitrogen and oxygen atoms in total. The smallest absolute Gasteiger partial charge is 0.462 e. The molecule has 0 fully saturated rings. The number of aliphatic hydroxyl groups is 1. The quantitative estimate of drug-likeness (QED) is 0.0222. The Labute approximate surface area is 594 Å². The van der Waals surface area contributed by atoms with Gasteiger partial charge in [-0.1, -0.05) is 356 Å². The highest BCUT2D eigenvalue weighted by Crippen LogP contribution is 2.45. The Morgan fingerprint density at radius 2 is 0.474 bits per heavy atom. The van der Waals surface area contributed by atoms with Crippen LogP contribution < -0.4 is 0 Å². The largest absolute Gasteiger partial charge is 0.472 e. The van der Waals surface area contributed by atoms with E-state index in [9.17, 15) is 43.2 Å². The van der Waals surface area contributed by atoms with Gasteiger partial charge in [-0.3, -0.25) is 37.3 Å². The van der Waals surface area contributed by atoms with Gasteiger partial charge in [0.2, 0.25) is 0 Å². The van der Waals surface area contributed by atoms with E-state index < -0.39 is 97.5 Å². The third kappa shape index (κ3) is 72.2. The Kier molecular flexibility index (Phi) is 68.4. The molecule has 97 heavy (non-hydrogen) atoms. The van der Waals surface area contributed by atoms with Gasteiger partial charge in [-0.25, -0.2) is 9.13 Å². The maximum atomic E-state index is 13.1. The molecule has 0 spiro atoms. The van der Waals surface area contributed by atoms with Crippen LogP contribution in [0.1, 0.15) is 408 Å². The zero-order chi connectivity index (χ0) is 71.4. The van der Waals surface area contributed by atoms with Gasteiger partial charge in [0, 0.05) is 25.7 Å². The molecule has 0 aliphatic carbocycles. The molecular weight excluding hydrogens is 1270 g/mol. The SMILES string of the molecule is CCCCCCCCCCCCCCCCCCCCCCC(=O)O[C@H](COC(=O)CCCCCCCCCCCCC(C)C)COP(=O)(O)OC[C@@H](O)COP(=O)(O)OC[C@@H](COC(=O)CCCCCCCCCCC(C)C)OC(=O)CCCCCCCCCCCCCCC. The fourth-order valence-corrected chi connectivity index (χ4v) is 13.6. The minimum atomic E-state index is -4.96. The van der Waals surface area contributed by atoms with Crippen molar-refractivity contribution in [1.82, 2.24) is 0 Å². The van der Waals surface area contributed by atoms with Crippen LogP contribution in [-0.4, -0.2) is 96.7 Å². The average molecular weight is 1420 g/mol. The van der Waals surface area contributed by atoms with E-state index in [1.54, 1.807) is 0 Å². The minimum Gasteiger partial charge on any atom is -0.462 e. The number of aliphatic hydroxyl groups excluding tert-OH is 1. The molecule has 5 atom stereocenters. The fraction of sp³-hybridized carbons (Fsp3) is 0.949. The summed E-state index contributed by atoms with van der Waals surface area (Å²) < 4.78 is 68.6. The Balaban J connectivity index is 5.23. The summed E-state index contributed by atoms with van der Waals surface area (Å²) >= 11 is 0. The Morgan fingerprint density at radius 3 is 0.701 bits per heavy atom. The van der Waals surface area contributed by atoms with E-state index in [1.165, 1.54) is 225 Å². The molecule has 0 saturated heterocycles. The molecule has 0 bridgehead atoms. The third-order valence-electron chi connectivity index (χ3n) is 18.2. The number of hydrogen-bond donors (Lipinski definition) is 3. The second kappa shape index (κ2) is 69.8. The summed E-state index contributed by atoms with van der Waals surface area (Å²) in [6.07, 6.45) is 58.3. The zero-order valence-corrected chi connectivity index (χ0v) is 65.2. The third-order valence-corrected chi connectivity index (χ3v) is 20.1. The molecule has 0 radical (unpaired) electrons. The first-order chi connectivity index (χ1) is 46.9. The van der Waals surface area contributed by atoms with Gasteiger partial charge in [0.05, 0.1) is 26.4 Å². The van der Waals surface area contributed by atoms with Gasteiger partial charge in [-0.2, -0.15) is 0 Å². The molecule has 0 heterocycles. The number of rotatable bonds is 77. The molecule has 0 aromatic carbocycles. The number of ether oxygens (including phenoxy) is 4. The van der Waals surface area contributed by atoms with Crippen LogP contribution in [-0.2, 0) is 65.4 Å². The number of esters is 4. The molecule has 0 aromatic heterocycles. The van der Waals surface area contributed by atoms with Crippen molar-refractivity contribution in [2.45, 2.75) is 426 Å². The highest BCUT2D eigenvalue weighted by atomic mass is 31.2. The summed E-state index contributed by atoms with van der Waals surface area (Å²) in [5.41, 5.74) is 0. The van der Waals surface area contributed by atoms with Gasteiger partial charge in [0.25, 0.3) is 0 Å². The first kappa shape index (κ1) is 95.1. The number of hydrogen-bond acceptors (Lipinski definition) is 15. The van der Waals surface area contributed by atoms with Crippen molar-refractivity contribution in [2.75, 3.05) is 39.6 Å². The van der Waals surface area contributed by atoms with Crippen LogP contribution in [0.25, 0.3) is 0 Å². The number of carbonyl (C=O) groups excluding carboxylic acids is 4.